The van der Waals surface area contributed by atoms with Crippen molar-refractivity contribution in [3.8, 4) is 17.9 Å². The predicted octanol–water partition coefficient (Wildman–Crippen LogP) is 2.55. The van der Waals surface area contributed by atoms with Crippen molar-refractivity contribution < 1.29 is 4.74 Å². The largest absolute Gasteiger partial charge is 0.497 e. The van der Waals surface area contributed by atoms with E-state index in [2.05, 4.69) is 12.1 Å². The highest BCUT2D eigenvalue weighted by Gasteiger charge is 2.13. The average molecular weight is 243 g/mol. The summed E-state index contributed by atoms with van der Waals surface area (Å²) in [6.07, 6.45) is 0. The van der Waals surface area contributed by atoms with E-state index in [0.29, 0.717) is 17.9 Å². The van der Waals surface area contributed by atoms with Crippen LogP contribution in [0.25, 0.3) is 0 Å². The Kier molecular flexibility index (Phi) is 5.02. The molecule has 0 saturated carbocycles. The lowest BCUT2D eigenvalue weighted by Gasteiger charge is -2.25. The van der Waals surface area contributed by atoms with Crippen molar-refractivity contribution in [3.63, 3.8) is 0 Å². The predicted molar refractivity (Wildman–Crippen MR) is 70.4 cm³/mol. The molecule has 4 heteroatoms. The summed E-state index contributed by atoms with van der Waals surface area (Å²) in [7, 11) is 1.60. The molecule has 0 spiro atoms. The molecule has 1 aromatic rings. The van der Waals surface area contributed by atoms with E-state index in [0.717, 1.165) is 12.2 Å². The highest BCUT2D eigenvalue weighted by Crippen LogP contribution is 2.26. The van der Waals surface area contributed by atoms with Crippen LogP contribution in [0.4, 0.5) is 5.69 Å². The number of hydrogen-bond donors (Lipinski definition) is 0. The Hall–Kier alpha value is -2.20. The second kappa shape index (κ2) is 6.51. The van der Waals surface area contributed by atoms with Gasteiger partial charge in [0.1, 0.15) is 11.8 Å². The number of ether oxygens (including phenoxy) is 1. The second-order valence-corrected chi connectivity index (χ2v) is 4.06. The van der Waals surface area contributed by atoms with E-state index >= 15 is 0 Å². The zero-order chi connectivity index (χ0) is 13.5. The molecular weight excluding hydrogens is 226 g/mol. The van der Waals surface area contributed by atoms with Crippen molar-refractivity contribution in [2.45, 2.75) is 13.8 Å². The van der Waals surface area contributed by atoms with E-state index in [1.54, 1.807) is 19.2 Å². The lowest BCUT2D eigenvalue weighted by molar-refractivity contribution is 0.414. The highest BCUT2D eigenvalue weighted by atomic mass is 16.5. The van der Waals surface area contributed by atoms with Crippen molar-refractivity contribution in [1.82, 2.24) is 0 Å². The Balaban J connectivity index is 3.11. The van der Waals surface area contributed by atoms with E-state index in [9.17, 15) is 0 Å². The number of benzene rings is 1. The summed E-state index contributed by atoms with van der Waals surface area (Å²) in [5.41, 5.74) is 1.42. The summed E-state index contributed by atoms with van der Waals surface area (Å²) < 4.78 is 5.18. The third kappa shape index (κ3) is 3.15. The van der Waals surface area contributed by atoms with E-state index in [1.165, 1.54) is 0 Å². The zero-order valence-electron chi connectivity index (χ0n) is 11.0. The van der Waals surface area contributed by atoms with Gasteiger partial charge in [0.15, 0.2) is 0 Å². The molecule has 0 heterocycles. The Bertz CT molecular complexity index is 485. The summed E-state index contributed by atoms with van der Waals surface area (Å²) in [4.78, 5) is 2.02. The van der Waals surface area contributed by atoms with Crippen LogP contribution in [0.1, 0.15) is 19.4 Å². The van der Waals surface area contributed by atoms with Gasteiger partial charge in [0, 0.05) is 19.2 Å². The molecule has 0 fully saturated rings. The van der Waals surface area contributed by atoms with Gasteiger partial charge in [-0.15, -0.1) is 0 Å². The van der Waals surface area contributed by atoms with Crippen LogP contribution in [-0.2, 0) is 0 Å². The first-order chi connectivity index (χ1) is 8.65. The topological polar surface area (TPSA) is 60.1 Å². The molecule has 0 aliphatic carbocycles. The van der Waals surface area contributed by atoms with Crippen LogP contribution in [0.5, 0.6) is 5.75 Å². The van der Waals surface area contributed by atoms with Crippen molar-refractivity contribution in [1.29, 1.82) is 10.5 Å². The van der Waals surface area contributed by atoms with Crippen molar-refractivity contribution >= 4 is 5.69 Å². The van der Waals surface area contributed by atoms with Gasteiger partial charge >= 0.3 is 0 Å². The van der Waals surface area contributed by atoms with Crippen molar-refractivity contribution in [2.24, 2.45) is 5.92 Å². The molecule has 0 radical (unpaired) electrons. The van der Waals surface area contributed by atoms with Crippen LogP contribution in [0, 0.1) is 28.6 Å². The standard InChI is InChI=1S/C14H17N3O/c1-4-17(10-11(2)8-15)14-7-13(18-3)6-5-12(14)9-16/h5-7,11H,4,10H2,1-3H3. The molecule has 0 bridgehead atoms. The molecule has 0 aliphatic heterocycles. The third-order valence-electron chi connectivity index (χ3n) is 2.76. The van der Waals surface area contributed by atoms with Crippen LogP contribution < -0.4 is 9.64 Å². The second-order valence-electron chi connectivity index (χ2n) is 4.06. The van der Waals surface area contributed by atoms with Gasteiger partial charge in [-0.3, -0.25) is 0 Å². The lowest BCUT2D eigenvalue weighted by Crippen LogP contribution is -2.28. The molecule has 1 aromatic carbocycles. The summed E-state index contributed by atoms with van der Waals surface area (Å²) in [6.45, 7) is 5.22. The Morgan fingerprint density at radius 2 is 2.11 bits per heavy atom. The third-order valence-corrected chi connectivity index (χ3v) is 2.76. The number of nitrogens with zero attached hydrogens (tertiary/aromatic N) is 3. The number of nitriles is 2. The van der Waals surface area contributed by atoms with E-state index in [1.807, 2.05) is 24.8 Å². The molecule has 4 nitrogen and oxygen atoms in total. The van der Waals surface area contributed by atoms with Crippen LogP contribution in [0.3, 0.4) is 0 Å². The molecule has 0 saturated heterocycles. The maximum atomic E-state index is 9.14. The fourth-order valence-electron chi connectivity index (χ4n) is 1.76. The van der Waals surface area contributed by atoms with Crippen molar-refractivity contribution in [2.75, 3.05) is 25.1 Å². The quantitative estimate of drug-likeness (QED) is 0.797. The first kappa shape index (κ1) is 13.9. The minimum Gasteiger partial charge on any atom is -0.497 e. The molecule has 1 atom stereocenters. The molecule has 18 heavy (non-hydrogen) atoms. The lowest BCUT2D eigenvalue weighted by atomic mass is 10.1. The smallest absolute Gasteiger partial charge is 0.121 e. The molecular formula is C14H17N3O. The summed E-state index contributed by atoms with van der Waals surface area (Å²) >= 11 is 0. The van der Waals surface area contributed by atoms with Gasteiger partial charge in [-0.05, 0) is 26.0 Å². The summed E-state index contributed by atoms with van der Waals surface area (Å²) in [5, 5.41) is 18.0. The molecule has 94 valence electrons. The summed E-state index contributed by atoms with van der Waals surface area (Å²) in [6, 6.07) is 9.73. The number of methoxy groups -OCH3 is 1. The molecule has 0 amide bonds. The molecule has 0 aliphatic rings. The minimum absolute atomic E-state index is 0.0808. The first-order valence-electron chi connectivity index (χ1n) is 5.89. The van der Waals surface area contributed by atoms with Crippen LogP contribution in [-0.4, -0.2) is 20.2 Å². The fraction of sp³-hybridized carbons (Fsp3) is 0.429. The average Bonchev–Trinajstić information content (AvgIpc) is 2.43. The van der Waals surface area contributed by atoms with Crippen molar-refractivity contribution in [3.05, 3.63) is 23.8 Å². The van der Waals surface area contributed by atoms with Crippen LogP contribution >= 0.6 is 0 Å². The maximum Gasteiger partial charge on any atom is 0.121 e. The zero-order valence-corrected chi connectivity index (χ0v) is 11.0. The SMILES string of the molecule is CCN(CC(C)C#N)c1cc(OC)ccc1C#N. The molecule has 1 rings (SSSR count). The van der Waals surface area contributed by atoms with Crippen LogP contribution in [0.2, 0.25) is 0 Å². The summed E-state index contributed by atoms with van der Waals surface area (Å²) in [5.74, 6) is 0.634. The van der Waals surface area contributed by atoms with Gasteiger partial charge in [-0.1, -0.05) is 0 Å². The van der Waals surface area contributed by atoms with Gasteiger partial charge in [0.2, 0.25) is 0 Å². The van der Waals surface area contributed by atoms with E-state index < -0.39 is 0 Å². The van der Waals surface area contributed by atoms with Gasteiger partial charge in [-0.25, -0.2) is 0 Å². The van der Waals surface area contributed by atoms with Gasteiger partial charge in [-0.2, -0.15) is 10.5 Å². The van der Waals surface area contributed by atoms with E-state index in [4.69, 9.17) is 15.3 Å². The molecule has 0 aromatic heterocycles. The minimum atomic E-state index is -0.0808. The monoisotopic (exact) mass is 243 g/mol. The fourth-order valence-corrected chi connectivity index (χ4v) is 1.76. The first-order valence-corrected chi connectivity index (χ1v) is 5.89. The molecule has 0 N–H and O–H groups in total. The van der Waals surface area contributed by atoms with Gasteiger partial charge in [0.05, 0.1) is 30.3 Å². The Morgan fingerprint density at radius 3 is 2.61 bits per heavy atom. The number of anilines is 1. The normalized spacial score (nSPS) is 11.2. The van der Waals surface area contributed by atoms with Gasteiger partial charge < -0.3 is 9.64 Å². The Labute approximate surface area is 108 Å². The molecule has 1 unspecified atom stereocenters. The number of rotatable bonds is 5. The highest BCUT2D eigenvalue weighted by molar-refractivity contribution is 5.62. The van der Waals surface area contributed by atoms with E-state index in [-0.39, 0.29) is 5.92 Å². The Morgan fingerprint density at radius 1 is 1.39 bits per heavy atom. The maximum absolute atomic E-state index is 9.14. The van der Waals surface area contributed by atoms with Crippen LogP contribution in [0.15, 0.2) is 18.2 Å². The number of hydrogen-bond acceptors (Lipinski definition) is 4. The van der Waals surface area contributed by atoms with Gasteiger partial charge in [0.25, 0.3) is 0 Å².